The Bertz CT molecular complexity index is 1420. The van der Waals surface area contributed by atoms with Crippen molar-refractivity contribution in [3.8, 4) is 12.3 Å². The van der Waals surface area contributed by atoms with Crippen LogP contribution in [0.15, 0.2) is 66.7 Å². The van der Waals surface area contributed by atoms with Crippen molar-refractivity contribution in [2.24, 2.45) is 0 Å². The maximum absolute atomic E-state index is 14.4. The molecule has 2 unspecified atom stereocenters. The first kappa shape index (κ1) is 28.2. The fraction of sp³-hybridized carbons (Fsp3) is 0.233. The maximum atomic E-state index is 14.4. The lowest BCUT2D eigenvalue weighted by Gasteiger charge is -2.36. The van der Waals surface area contributed by atoms with Gasteiger partial charge in [-0.25, -0.2) is 4.79 Å². The molecule has 39 heavy (non-hydrogen) atoms. The van der Waals surface area contributed by atoms with Crippen LogP contribution in [0.4, 0.5) is 5.69 Å². The molecule has 3 aromatic carbocycles. The average Bonchev–Trinajstić information content (AvgIpc) is 3.03. The van der Waals surface area contributed by atoms with E-state index in [1.54, 1.807) is 64.4 Å². The Hall–Kier alpha value is -3.83. The minimum absolute atomic E-state index is 0.174. The zero-order valence-electron chi connectivity index (χ0n) is 21.4. The monoisotopic (exact) mass is 564 g/mol. The molecule has 0 aromatic heterocycles. The molecule has 0 bridgehead atoms. The first-order valence-corrected chi connectivity index (χ1v) is 13.2. The zero-order chi connectivity index (χ0) is 28.1. The topological polar surface area (TPSA) is 94.6 Å². The van der Waals surface area contributed by atoms with E-state index in [2.05, 4.69) is 16.7 Å². The highest BCUT2D eigenvalue weighted by Gasteiger charge is 2.42. The molecule has 3 aromatic rings. The number of hydrogen-bond donors (Lipinski definition) is 1. The Morgan fingerprint density at radius 1 is 1.03 bits per heavy atom. The molecule has 0 fully saturated rings. The molecule has 0 saturated heterocycles. The van der Waals surface area contributed by atoms with Gasteiger partial charge in [0.25, 0.3) is 11.8 Å². The Kier molecular flexibility index (Phi) is 8.93. The molecule has 0 radical (unpaired) electrons. The van der Waals surface area contributed by atoms with E-state index in [0.717, 1.165) is 5.56 Å². The standard InChI is InChI=1S/C30H28Cl2N3O4/c1-3-20-7-16-26-25(18-20)29(37)35(19(2)21-8-12-23(31)13-9-21)28(22-10-14-24(32)15-11-22)30(38)34(26)17-5-4-6-27(36)39-33/h1,7-16,18-19,28H,4-6,17H2,2,33H3/q+1. The molecular weight excluding hydrogens is 537 g/mol. The number of rotatable bonds is 8. The zero-order valence-corrected chi connectivity index (χ0v) is 22.9. The lowest BCUT2D eigenvalue weighted by Crippen LogP contribution is -2.51. The summed E-state index contributed by atoms with van der Waals surface area (Å²) in [4.78, 5) is 48.0. The summed E-state index contributed by atoms with van der Waals surface area (Å²) in [5.74, 6) is 4.70. The molecule has 1 aliphatic rings. The minimum Gasteiger partial charge on any atom is -0.316 e. The number of unbranched alkanes of at least 4 members (excludes halogenated alkanes) is 1. The van der Waals surface area contributed by atoms with Crippen molar-refractivity contribution in [3.63, 3.8) is 0 Å². The lowest BCUT2D eigenvalue weighted by molar-refractivity contribution is -0.657. The van der Waals surface area contributed by atoms with Gasteiger partial charge < -0.3 is 9.80 Å². The molecule has 0 spiro atoms. The van der Waals surface area contributed by atoms with Crippen LogP contribution in [0.1, 0.15) is 65.3 Å². The number of anilines is 1. The van der Waals surface area contributed by atoms with E-state index < -0.39 is 18.1 Å². The highest BCUT2D eigenvalue weighted by molar-refractivity contribution is 6.30. The minimum atomic E-state index is -0.952. The molecule has 7 nitrogen and oxygen atoms in total. The Morgan fingerprint density at radius 2 is 1.67 bits per heavy atom. The first-order chi connectivity index (χ1) is 18.7. The van der Waals surface area contributed by atoms with Gasteiger partial charge in [0.05, 0.1) is 23.7 Å². The number of halogens is 2. The van der Waals surface area contributed by atoms with Crippen LogP contribution in [0, 0.1) is 12.3 Å². The van der Waals surface area contributed by atoms with E-state index in [9.17, 15) is 14.4 Å². The van der Waals surface area contributed by atoms with E-state index in [-0.39, 0.29) is 24.8 Å². The molecule has 0 saturated carbocycles. The van der Waals surface area contributed by atoms with Gasteiger partial charge in [0, 0.05) is 22.2 Å². The number of carbonyl (C=O) groups excluding carboxylic acids is 3. The van der Waals surface area contributed by atoms with Crippen LogP contribution < -0.4 is 10.8 Å². The van der Waals surface area contributed by atoms with E-state index in [4.69, 9.17) is 29.6 Å². The molecule has 4 rings (SSSR count). The van der Waals surface area contributed by atoms with Gasteiger partial charge in [0.2, 0.25) is 0 Å². The van der Waals surface area contributed by atoms with E-state index in [1.807, 2.05) is 19.1 Å². The number of hydrogen-bond acceptors (Lipinski definition) is 4. The molecule has 2 atom stereocenters. The third-order valence-corrected chi connectivity index (χ3v) is 7.33. The van der Waals surface area contributed by atoms with Gasteiger partial charge in [-0.1, -0.05) is 53.4 Å². The smallest absolute Gasteiger partial charge is 0.316 e. The Balaban J connectivity index is 1.85. The molecule has 0 aliphatic carbocycles. The van der Waals surface area contributed by atoms with Crippen LogP contribution in [0.25, 0.3) is 0 Å². The fourth-order valence-electron chi connectivity index (χ4n) is 4.77. The first-order valence-electron chi connectivity index (χ1n) is 12.5. The van der Waals surface area contributed by atoms with Crippen LogP contribution in [-0.4, -0.2) is 29.2 Å². The third kappa shape index (κ3) is 6.10. The number of fused-ring (bicyclic) bond motifs is 1. The lowest BCUT2D eigenvalue weighted by atomic mass is 9.98. The number of nitrogens with zero attached hydrogens (tertiary/aromatic N) is 2. The summed E-state index contributed by atoms with van der Waals surface area (Å²) in [5.41, 5.74) is 2.75. The van der Waals surface area contributed by atoms with Gasteiger partial charge in [0.15, 0.2) is 0 Å². The van der Waals surface area contributed by atoms with Gasteiger partial charge in [0.1, 0.15) is 6.04 Å². The molecule has 200 valence electrons. The highest BCUT2D eigenvalue weighted by Crippen LogP contribution is 2.40. The summed E-state index contributed by atoms with van der Waals surface area (Å²) in [7, 11) is 0. The summed E-state index contributed by atoms with van der Waals surface area (Å²) in [6.07, 6.45) is 6.84. The largest absolute Gasteiger partial charge is 0.366 e. The summed E-state index contributed by atoms with van der Waals surface area (Å²) in [5, 5.41) is 1.08. The van der Waals surface area contributed by atoms with E-state index >= 15 is 0 Å². The van der Waals surface area contributed by atoms with Gasteiger partial charge >= 0.3 is 5.97 Å². The predicted octanol–water partition coefficient (Wildman–Crippen LogP) is 5.14. The van der Waals surface area contributed by atoms with Crippen LogP contribution in [0.5, 0.6) is 0 Å². The number of quaternary nitrogens is 1. The number of benzene rings is 3. The Labute approximate surface area is 237 Å². The highest BCUT2D eigenvalue weighted by atomic mass is 35.5. The van der Waals surface area contributed by atoms with Gasteiger partial charge in [-0.3, -0.25) is 14.4 Å². The fourth-order valence-corrected chi connectivity index (χ4v) is 5.02. The number of amides is 2. The second kappa shape index (κ2) is 12.4. The third-order valence-electron chi connectivity index (χ3n) is 6.83. The normalized spacial score (nSPS) is 15.8. The van der Waals surface area contributed by atoms with Crippen molar-refractivity contribution in [1.29, 1.82) is 0 Å². The van der Waals surface area contributed by atoms with E-state index in [0.29, 0.717) is 45.3 Å². The molecule has 3 N–H and O–H groups in total. The van der Waals surface area contributed by atoms with Gasteiger partial charge in [-0.05, 0) is 73.4 Å². The quantitative estimate of drug-likeness (QED) is 0.233. The second-order valence-electron chi connectivity index (χ2n) is 9.23. The van der Waals surface area contributed by atoms with E-state index in [1.165, 1.54) is 0 Å². The van der Waals surface area contributed by atoms with Crippen LogP contribution >= 0.6 is 23.2 Å². The van der Waals surface area contributed by atoms with Crippen molar-refractivity contribution in [2.75, 3.05) is 11.4 Å². The molecule has 1 heterocycles. The predicted molar refractivity (Wildman–Crippen MR) is 150 cm³/mol. The van der Waals surface area contributed by atoms with Crippen LogP contribution in [0.3, 0.4) is 0 Å². The van der Waals surface area contributed by atoms with Crippen molar-refractivity contribution in [2.45, 2.75) is 38.3 Å². The molecule has 9 heteroatoms. The van der Waals surface area contributed by atoms with Crippen molar-refractivity contribution >= 4 is 46.7 Å². The number of terminal acetylenes is 1. The van der Waals surface area contributed by atoms with Crippen molar-refractivity contribution in [3.05, 3.63) is 99.0 Å². The van der Waals surface area contributed by atoms with Crippen LogP contribution in [0.2, 0.25) is 10.0 Å². The van der Waals surface area contributed by atoms with Crippen molar-refractivity contribution in [1.82, 2.24) is 4.90 Å². The summed E-state index contributed by atoms with van der Waals surface area (Å²) >= 11 is 12.3. The summed E-state index contributed by atoms with van der Waals surface area (Å²) in [6, 6.07) is 17.7. The maximum Gasteiger partial charge on any atom is 0.366 e. The van der Waals surface area contributed by atoms with Gasteiger partial charge in [-0.2, -0.15) is 5.90 Å². The number of carbonyl (C=O) groups is 3. The van der Waals surface area contributed by atoms with Crippen LogP contribution in [-0.2, 0) is 14.4 Å². The molecule has 1 aliphatic heterocycles. The average molecular weight is 565 g/mol. The summed E-state index contributed by atoms with van der Waals surface area (Å²) in [6.45, 7) is 2.16. The Morgan fingerprint density at radius 3 is 2.28 bits per heavy atom. The molecular formula is C30H28Cl2N3O4+. The summed E-state index contributed by atoms with van der Waals surface area (Å²) < 4.78 is 0. The van der Waals surface area contributed by atoms with Gasteiger partial charge in [-0.15, -0.1) is 6.42 Å². The van der Waals surface area contributed by atoms with Crippen molar-refractivity contribution < 1.29 is 25.1 Å². The molecule has 2 amide bonds. The SMILES string of the molecule is C#Cc1ccc2c(c1)C(=O)N(C(C)c1ccc(Cl)cc1)C(c1ccc(Cl)cc1)C(=O)N2CCCCC(=O)O[NH3+]. The second-order valence-corrected chi connectivity index (χ2v) is 10.1.